The Balaban J connectivity index is 1.66. The fourth-order valence-corrected chi connectivity index (χ4v) is 3.56. The second-order valence-corrected chi connectivity index (χ2v) is 7.07. The number of aromatic nitrogens is 3. The third-order valence-corrected chi connectivity index (χ3v) is 5.20. The smallest absolute Gasteiger partial charge is 0.335 e. The number of rotatable bonds is 3. The summed E-state index contributed by atoms with van der Waals surface area (Å²) in [6, 6.07) is 10.8. The highest BCUT2D eigenvalue weighted by atomic mass is 16.4. The van der Waals surface area contributed by atoms with Crippen LogP contribution in [0.4, 0.5) is 0 Å². The zero-order valence-corrected chi connectivity index (χ0v) is 14.9. The summed E-state index contributed by atoms with van der Waals surface area (Å²) < 4.78 is 0. The minimum absolute atomic E-state index is 0.282. The average molecular weight is 347 g/mol. The van der Waals surface area contributed by atoms with Gasteiger partial charge in [0.25, 0.3) is 0 Å². The predicted molar refractivity (Wildman–Crippen MR) is 100 cm³/mol. The first-order chi connectivity index (χ1) is 12.5. The third kappa shape index (κ3) is 2.90. The van der Waals surface area contributed by atoms with E-state index in [1.165, 1.54) is 6.42 Å². The van der Waals surface area contributed by atoms with Crippen LogP contribution in [-0.2, 0) is 0 Å². The molecule has 1 aromatic carbocycles. The molecule has 2 heterocycles. The van der Waals surface area contributed by atoms with Gasteiger partial charge in [0.1, 0.15) is 5.69 Å². The van der Waals surface area contributed by atoms with Gasteiger partial charge in [0, 0.05) is 17.5 Å². The van der Waals surface area contributed by atoms with E-state index in [0.29, 0.717) is 11.8 Å². The van der Waals surface area contributed by atoms with Crippen LogP contribution in [-0.4, -0.2) is 26.0 Å². The lowest BCUT2D eigenvalue weighted by molar-refractivity contribution is 0.0697. The first-order valence-electron chi connectivity index (χ1n) is 8.93. The molecule has 0 saturated carbocycles. The Morgan fingerprint density at radius 1 is 1.00 bits per heavy atom. The van der Waals surface area contributed by atoms with E-state index in [2.05, 4.69) is 18.8 Å². The molecule has 3 aromatic rings. The maximum Gasteiger partial charge on any atom is 0.335 e. The maximum atomic E-state index is 11.0. The van der Waals surface area contributed by atoms with E-state index in [4.69, 9.17) is 15.1 Å². The van der Waals surface area contributed by atoms with Gasteiger partial charge >= 0.3 is 5.97 Å². The van der Waals surface area contributed by atoms with Crippen molar-refractivity contribution in [3.05, 3.63) is 59.5 Å². The van der Waals surface area contributed by atoms with Crippen molar-refractivity contribution in [1.29, 1.82) is 0 Å². The fourth-order valence-electron chi connectivity index (χ4n) is 3.56. The number of H-pyrrole nitrogens is 1. The standard InChI is InChI=1S/C21H21N3O2/c1-12-3-4-13(2)20-19(12)22-11-18(24-20)17-10-9-16(23-17)14-5-7-15(8-6-14)21(25)26/h5-13,23H,3-4H2,1-2H3,(H,25,26). The zero-order valence-electron chi connectivity index (χ0n) is 14.9. The Labute approximate surface area is 152 Å². The molecule has 0 bridgehead atoms. The average Bonchev–Trinajstić information content (AvgIpc) is 3.15. The molecule has 0 saturated heterocycles. The summed E-state index contributed by atoms with van der Waals surface area (Å²) in [7, 11) is 0. The van der Waals surface area contributed by atoms with Gasteiger partial charge in [0.15, 0.2) is 0 Å². The van der Waals surface area contributed by atoms with Crippen LogP contribution in [0.15, 0.2) is 42.6 Å². The van der Waals surface area contributed by atoms with E-state index in [0.717, 1.165) is 40.5 Å². The highest BCUT2D eigenvalue weighted by Gasteiger charge is 2.25. The van der Waals surface area contributed by atoms with Crippen molar-refractivity contribution in [3.8, 4) is 22.6 Å². The number of aromatic carboxylic acids is 1. The van der Waals surface area contributed by atoms with Gasteiger partial charge in [-0.3, -0.25) is 4.98 Å². The molecule has 5 nitrogen and oxygen atoms in total. The zero-order chi connectivity index (χ0) is 18.3. The molecule has 0 spiro atoms. The molecular weight excluding hydrogens is 326 g/mol. The van der Waals surface area contributed by atoms with Crippen molar-refractivity contribution in [2.45, 2.75) is 38.5 Å². The van der Waals surface area contributed by atoms with Gasteiger partial charge in [-0.05, 0) is 42.7 Å². The Hall–Kier alpha value is -2.95. The van der Waals surface area contributed by atoms with Crippen LogP contribution in [0.25, 0.3) is 22.6 Å². The van der Waals surface area contributed by atoms with Crippen LogP contribution in [0.1, 0.15) is 60.3 Å². The molecule has 5 heteroatoms. The minimum atomic E-state index is -0.920. The normalized spacial score (nSPS) is 19.2. The first kappa shape index (κ1) is 16.5. The summed E-state index contributed by atoms with van der Waals surface area (Å²) in [6.07, 6.45) is 4.16. The van der Waals surface area contributed by atoms with Gasteiger partial charge in [-0.15, -0.1) is 0 Å². The van der Waals surface area contributed by atoms with E-state index in [-0.39, 0.29) is 5.56 Å². The van der Waals surface area contributed by atoms with E-state index in [1.54, 1.807) is 24.3 Å². The molecular formula is C21H21N3O2. The number of carbonyl (C=O) groups is 1. The summed E-state index contributed by atoms with van der Waals surface area (Å²) in [4.78, 5) is 23.9. The number of carboxylic acids is 1. The molecule has 2 N–H and O–H groups in total. The van der Waals surface area contributed by atoms with Gasteiger partial charge in [0.05, 0.1) is 28.8 Å². The van der Waals surface area contributed by atoms with Crippen molar-refractivity contribution in [2.75, 3.05) is 0 Å². The Kier molecular flexibility index (Phi) is 4.07. The largest absolute Gasteiger partial charge is 0.478 e. The fraction of sp³-hybridized carbons (Fsp3) is 0.286. The van der Waals surface area contributed by atoms with Gasteiger partial charge in [0.2, 0.25) is 0 Å². The van der Waals surface area contributed by atoms with Crippen molar-refractivity contribution >= 4 is 5.97 Å². The minimum Gasteiger partial charge on any atom is -0.478 e. The third-order valence-electron chi connectivity index (χ3n) is 5.20. The molecule has 26 heavy (non-hydrogen) atoms. The van der Waals surface area contributed by atoms with Crippen LogP contribution in [0, 0.1) is 0 Å². The van der Waals surface area contributed by atoms with E-state index < -0.39 is 5.97 Å². The monoisotopic (exact) mass is 347 g/mol. The molecule has 0 radical (unpaired) electrons. The number of fused-ring (bicyclic) bond motifs is 1. The lowest BCUT2D eigenvalue weighted by Crippen LogP contribution is -2.15. The number of aromatic amines is 1. The van der Waals surface area contributed by atoms with E-state index in [9.17, 15) is 4.79 Å². The van der Waals surface area contributed by atoms with Crippen LogP contribution in [0.3, 0.4) is 0 Å². The van der Waals surface area contributed by atoms with Crippen molar-refractivity contribution < 1.29 is 9.90 Å². The second kappa shape index (κ2) is 6.41. The topological polar surface area (TPSA) is 78.9 Å². The van der Waals surface area contributed by atoms with Crippen molar-refractivity contribution in [2.24, 2.45) is 0 Å². The van der Waals surface area contributed by atoms with Crippen LogP contribution < -0.4 is 0 Å². The van der Waals surface area contributed by atoms with Crippen LogP contribution in [0.5, 0.6) is 0 Å². The number of nitrogens with zero attached hydrogens (tertiary/aromatic N) is 2. The Morgan fingerprint density at radius 3 is 2.35 bits per heavy atom. The van der Waals surface area contributed by atoms with Crippen LogP contribution >= 0.6 is 0 Å². The maximum absolute atomic E-state index is 11.0. The molecule has 2 unspecified atom stereocenters. The molecule has 0 fully saturated rings. The van der Waals surface area contributed by atoms with Gasteiger partial charge in [-0.2, -0.15) is 0 Å². The summed E-state index contributed by atoms with van der Waals surface area (Å²) in [6.45, 7) is 4.43. The molecule has 0 amide bonds. The summed E-state index contributed by atoms with van der Waals surface area (Å²) >= 11 is 0. The summed E-state index contributed by atoms with van der Waals surface area (Å²) in [5.41, 5.74) is 6.16. The predicted octanol–water partition coefficient (Wildman–Crippen LogP) is 4.84. The molecule has 132 valence electrons. The van der Waals surface area contributed by atoms with Gasteiger partial charge < -0.3 is 10.1 Å². The Bertz CT molecular complexity index is 960. The highest BCUT2D eigenvalue weighted by molar-refractivity contribution is 5.88. The van der Waals surface area contributed by atoms with Crippen molar-refractivity contribution in [1.82, 2.24) is 15.0 Å². The number of hydrogen-bond donors (Lipinski definition) is 2. The van der Waals surface area contributed by atoms with Gasteiger partial charge in [-0.1, -0.05) is 26.0 Å². The molecule has 1 aliphatic rings. The van der Waals surface area contributed by atoms with Gasteiger partial charge in [-0.25, -0.2) is 9.78 Å². The number of carboxylic acid groups (broad SMARTS) is 1. The SMILES string of the molecule is CC1CCC(C)c2nc(-c3ccc(-c4ccc(C(=O)O)cc4)[nH]3)cnc21. The molecule has 1 aliphatic carbocycles. The van der Waals surface area contributed by atoms with Crippen molar-refractivity contribution in [3.63, 3.8) is 0 Å². The molecule has 2 aromatic heterocycles. The first-order valence-corrected chi connectivity index (χ1v) is 8.93. The molecule has 4 rings (SSSR count). The molecule has 2 atom stereocenters. The summed E-state index contributed by atoms with van der Waals surface area (Å²) in [5.74, 6) is -0.0160. The second-order valence-electron chi connectivity index (χ2n) is 7.07. The lowest BCUT2D eigenvalue weighted by Gasteiger charge is -2.25. The van der Waals surface area contributed by atoms with Crippen LogP contribution in [0.2, 0.25) is 0 Å². The van der Waals surface area contributed by atoms with E-state index >= 15 is 0 Å². The quantitative estimate of drug-likeness (QED) is 0.711. The number of benzene rings is 1. The highest BCUT2D eigenvalue weighted by Crippen LogP contribution is 2.36. The lowest BCUT2D eigenvalue weighted by atomic mass is 9.84. The van der Waals surface area contributed by atoms with E-state index in [1.807, 2.05) is 18.3 Å². The number of hydrogen-bond acceptors (Lipinski definition) is 3. The Morgan fingerprint density at radius 2 is 1.65 bits per heavy atom. The number of nitrogens with one attached hydrogen (secondary N) is 1. The summed E-state index contributed by atoms with van der Waals surface area (Å²) in [5, 5.41) is 9.01. The molecule has 0 aliphatic heterocycles.